The van der Waals surface area contributed by atoms with Crippen LogP contribution in [0.2, 0.25) is 0 Å². The third-order valence-electron chi connectivity index (χ3n) is 6.01. The van der Waals surface area contributed by atoms with Gasteiger partial charge in [0, 0.05) is 37.3 Å². The van der Waals surface area contributed by atoms with Crippen LogP contribution in [0.15, 0.2) is 47.6 Å². The number of ketones is 1. The molecular weight excluding hydrogens is 439 g/mol. The highest BCUT2D eigenvalue weighted by Gasteiger charge is 2.23. The Morgan fingerprint density at radius 3 is 2.48 bits per heavy atom. The zero-order chi connectivity index (χ0) is 23.4. The Morgan fingerprint density at radius 2 is 1.79 bits per heavy atom. The van der Waals surface area contributed by atoms with E-state index in [2.05, 4.69) is 15.1 Å². The molecule has 8 heteroatoms. The number of carbonyl (C=O) groups is 1. The number of hydrogen-bond acceptors (Lipinski definition) is 6. The smallest absolute Gasteiger partial charge is 0.192 e. The first-order valence-electron chi connectivity index (χ1n) is 11.2. The van der Waals surface area contributed by atoms with Crippen molar-refractivity contribution in [3.63, 3.8) is 0 Å². The summed E-state index contributed by atoms with van der Waals surface area (Å²) in [6.07, 6.45) is 0. The van der Waals surface area contributed by atoms with E-state index < -0.39 is 0 Å². The van der Waals surface area contributed by atoms with Crippen LogP contribution in [0.1, 0.15) is 28.4 Å². The Kier molecular flexibility index (Phi) is 7.57. The maximum absolute atomic E-state index is 13.5. The van der Waals surface area contributed by atoms with Gasteiger partial charge in [0.25, 0.3) is 0 Å². The van der Waals surface area contributed by atoms with E-state index in [4.69, 9.17) is 4.74 Å². The summed E-state index contributed by atoms with van der Waals surface area (Å²) in [5.74, 6) is 0.450. The van der Waals surface area contributed by atoms with Gasteiger partial charge in [-0.3, -0.25) is 9.69 Å². The molecule has 2 heterocycles. The SMILES string of the molecule is Cc1ccc(C(=O)C(C)Sc2nnc(-c3ccc(F)cc3)n2CCN2CCOCC2)cc1C. The summed E-state index contributed by atoms with van der Waals surface area (Å²) in [5, 5.41) is 9.19. The van der Waals surface area contributed by atoms with Crippen LogP contribution < -0.4 is 0 Å². The zero-order valence-corrected chi connectivity index (χ0v) is 20.1. The number of nitrogens with zero attached hydrogens (tertiary/aromatic N) is 4. The first kappa shape index (κ1) is 23.6. The Labute approximate surface area is 198 Å². The molecule has 1 atom stereocenters. The second-order valence-corrected chi connectivity index (χ2v) is 9.65. The number of halogens is 1. The summed E-state index contributed by atoms with van der Waals surface area (Å²) in [4.78, 5) is 15.4. The van der Waals surface area contributed by atoms with Crippen LogP contribution in [0, 0.1) is 19.7 Å². The summed E-state index contributed by atoms with van der Waals surface area (Å²) in [5.41, 5.74) is 3.77. The van der Waals surface area contributed by atoms with Gasteiger partial charge in [0.05, 0.1) is 18.5 Å². The molecule has 1 saturated heterocycles. The van der Waals surface area contributed by atoms with Crippen molar-refractivity contribution < 1.29 is 13.9 Å². The minimum atomic E-state index is -0.320. The fourth-order valence-corrected chi connectivity index (χ4v) is 4.75. The Balaban J connectivity index is 1.57. The average Bonchev–Trinajstić information content (AvgIpc) is 3.22. The Bertz CT molecular complexity index is 1110. The minimum Gasteiger partial charge on any atom is -0.379 e. The molecule has 2 aromatic carbocycles. The van der Waals surface area contributed by atoms with Gasteiger partial charge in [0.15, 0.2) is 16.8 Å². The molecule has 1 aromatic heterocycles. The monoisotopic (exact) mass is 468 g/mol. The molecule has 1 unspecified atom stereocenters. The second-order valence-electron chi connectivity index (χ2n) is 8.34. The molecule has 0 N–H and O–H groups in total. The molecule has 33 heavy (non-hydrogen) atoms. The van der Waals surface area contributed by atoms with Crippen LogP contribution in [0.3, 0.4) is 0 Å². The maximum atomic E-state index is 13.5. The maximum Gasteiger partial charge on any atom is 0.192 e. The fourth-order valence-electron chi connectivity index (χ4n) is 3.80. The zero-order valence-electron chi connectivity index (χ0n) is 19.3. The van der Waals surface area contributed by atoms with Gasteiger partial charge < -0.3 is 9.30 Å². The van der Waals surface area contributed by atoms with Crippen LogP contribution in [-0.4, -0.2) is 63.5 Å². The number of ether oxygens (including phenoxy) is 1. The molecule has 0 bridgehead atoms. The van der Waals surface area contributed by atoms with Crippen molar-refractivity contribution in [1.82, 2.24) is 19.7 Å². The molecular formula is C25H29FN4O2S. The number of aromatic nitrogens is 3. The highest BCUT2D eigenvalue weighted by molar-refractivity contribution is 8.00. The van der Waals surface area contributed by atoms with E-state index in [0.29, 0.717) is 23.1 Å². The summed E-state index contributed by atoms with van der Waals surface area (Å²) >= 11 is 1.41. The van der Waals surface area contributed by atoms with Crippen molar-refractivity contribution in [2.75, 3.05) is 32.8 Å². The van der Waals surface area contributed by atoms with Crippen molar-refractivity contribution in [2.24, 2.45) is 0 Å². The summed E-state index contributed by atoms with van der Waals surface area (Å²) in [6, 6.07) is 12.1. The number of Topliss-reactive ketones (excluding diaryl/α,β-unsaturated/α-hetero) is 1. The van der Waals surface area contributed by atoms with E-state index >= 15 is 0 Å². The molecule has 1 aliphatic heterocycles. The first-order valence-corrected chi connectivity index (χ1v) is 12.1. The molecule has 174 valence electrons. The van der Waals surface area contributed by atoms with E-state index in [1.165, 1.54) is 29.5 Å². The molecule has 0 aliphatic carbocycles. The predicted octanol–water partition coefficient (Wildman–Crippen LogP) is 4.40. The summed E-state index contributed by atoms with van der Waals surface area (Å²) < 4.78 is 21.0. The molecule has 3 aromatic rings. The highest BCUT2D eigenvalue weighted by Crippen LogP contribution is 2.29. The number of rotatable bonds is 8. The molecule has 1 aliphatic rings. The van der Waals surface area contributed by atoms with Crippen molar-refractivity contribution >= 4 is 17.5 Å². The van der Waals surface area contributed by atoms with Gasteiger partial charge in [-0.1, -0.05) is 23.9 Å². The van der Waals surface area contributed by atoms with Crippen LogP contribution in [0.4, 0.5) is 4.39 Å². The predicted molar refractivity (Wildman–Crippen MR) is 128 cm³/mol. The Hall–Kier alpha value is -2.55. The van der Waals surface area contributed by atoms with E-state index in [1.54, 1.807) is 12.1 Å². The fraction of sp³-hybridized carbons (Fsp3) is 0.400. The second kappa shape index (κ2) is 10.6. The van der Waals surface area contributed by atoms with Crippen LogP contribution in [0.5, 0.6) is 0 Å². The lowest BCUT2D eigenvalue weighted by Crippen LogP contribution is -2.38. The number of thioether (sulfide) groups is 1. The quantitative estimate of drug-likeness (QED) is 0.361. The van der Waals surface area contributed by atoms with E-state index in [1.807, 2.05) is 43.5 Å². The van der Waals surface area contributed by atoms with Gasteiger partial charge in [-0.15, -0.1) is 10.2 Å². The molecule has 0 saturated carbocycles. The van der Waals surface area contributed by atoms with Gasteiger partial charge in [-0.25, -0.2) is 4.39 Å². The molecule has 6 nitrogen and oxygen atoms in total. The number of morpholine rings is 1. The van der Waals surface area contributed by atoms with E-state index in [9.17, 15) is 9.18 Å². The topological polar surface area (TPSA) is 60.2 Å². The van der Waals surface area contributed by atoms with Gasteiger partial charge in [0.2, 0.25) is 0 Å². The molecule has 0 amide bonds. The Morgan fingerprint density at radius 1 is 1.06 bits per heavy atom. The lowest BCUT2D eigenvalue weighted by atomic mass is 10.0. The molecule has 1 fully saturated rings. The lowest BCUT2D eigenvalue weighted by Gasteiger charge is -2.27. The van der Waals surface area contributed by atoms with Gasteiger partial charge in [-0.05, 0) is 62.2 Å². The van der Waals surface area contributed by atoms with Crippen molar-refractivity contribution in [1.29, 1.82) is 0 Å². The van der Waals surface area contributed by atoms with Gasteiger partial charge in [-0.2, -0.15) is 0 Å². The van der Waals surface area contributed by atoms with E-state index in [-0.39, 0.29) is 16.9 Å². The van der Waals surface area contributed by atoms with Crippen molar-refractivity contribution in [2.45, 2.75) is 37.7 Å². The van der Waals surface area contributed by atoms with Crippen LogP contribution in [0.25, 0.3) is 11.4 Å². The average molecular weight is 469 g/mol. The highest BCUT2D eigenvalue weighted by atomic mass is 32.2. The first-order chi connectivity index (χ1) is 15.9. The number of benzene rings is 2. The van der Waals surface area contributed by atoms with Crippen LogP contribution in [-0.2, 0) is 11.3 Å². The third-order valence-corrected chi connectivity index (χ3v) is 7.09. The largest absolute Gasteiger partial charge is 0.379 e. The minimum absolute atomic E-state index is 0.0640. The molecule has 0 radical (unpaired) electrons. The molecule has 4 rings (SSSR count). The number of hydrogen-bond donors (Lipinski definition) is 0. The number of aryl methyl sites for hydroxylation is 2. The standard InChI is InChI=1S/C25H29FN4O2S/c1-17-4-5-21(16-18(17)2)23(31)19(3)33-25-28-27-24(20-6-8-22(26)9-7-20)30(25)11-10-29-12-14-32-15-13-29/h4-9,16,19H,10-15H2,1-3H3. The summed E-state index contributed by atoms with van der Waals surface area (Å²) in [6.45, 7) is 10.7. The number of carbonyl (C=O) groups excluding carboxylic acids is 1. The third kappa shape index (κ3) is 5.69. The van der Waals surface area contributed by atoms with Gasteiger partial charge >= 0.3 is 0 Å². The van der Waals surface area contributed by atoms with Crippen molar-refractivity contribution in [3.8, 4) is 11.4 Å². The molecule has 0 spiro atoms. The van der Waals surface area contributed by atoms with Crippen LogP contribution >= 0.6 is 11.8 Å². The summed E-state index contributed by atoms with van der Waals surface area (Å²) in [7, 11) is 0. The normalized spacial score (nSPS) is 15.5. The lowest BCUT2D eigenvalue weighted by molar-refractivity contribution is 0.0361. The van der Waals surface area contributed by atoms with E-state index in [0.717, 1.165) is 44.0 Å². The van der Waals surface area contributed by atoms with Gasteiger partial charge in [0.1, 0.15) is 5.82 Å². The van der Waals surface area contributed by atoms with Crippen molar-refractivity contribution in [3.05, 3.63) is 65.0 Å².